The van der Waals surface area contributed by atoms with Crippen LogP contribution < -0.4 is 0 Å². The lowest BCUT2D eigenvalue weighted by molar-refractivity contribution is 0.0522. The summed E-state index contributed by atoms with van der Waals surface area (Å²) in [6, 6.07) is 0. The molecule has 0 radical (unpaired) electrons. The molecule has 5 nitrogen and oxygen atoms in total. The Balaban J connectivity index is 2.68. The fourth-order valence-corrected chi connectivity index (χ4v) is 3.18. The highest BCUT2D eigenvalue weighted by Crippen LogP contribution is 2.34. The third kappa shape index (κ3) is 2.65. The molecule has 0 aliphatic heterocycles. The molecule has 0 aliphatic rings. The Morgan fingerprint density at radius 1 is 1.50 bits per heavy atom. The summed E-state index contributed by atoms with van der Waals surface area (Å²) in [7, 11) is 1.86. The van der Waals surface area contributed by atoms with Gasteiger partial charge in [0.2, 0.25) is 0 Å². The van der Waals surface area contributed by atoms with Crippen LogP contribution >= 0.6 is 11.8 Å². The van der Waals surface area contributed by atoms with Crippen molar-refractivity contribution in [1.82, 2.24) is 14.8 Å². The lowest BCUT2D eigenvalue weighted by Gasteiger charge is -2.12. The van der Waals surface area contributed by atoms with E-state index >= 15 is 0 Å². The van der Waals surface area contributed by atoms with Crippen LogP contribution in [-0.4, -0.2) is 32.6 Å². The van der Waals surface area contributed by atoms with Gasteiger partial charge < -0.3 is 4.74 Å². The lowest BCUT2D eigenvalue weighted by atomic mass is 10.2. The number of hydrogen-bond donors (Lipinski definition) is 0. The van der Waals surface area contributed by atoms with Crippen molar-refractivity contribution in [2.75, 3.05) is 6.61 Å². The summed E-state index contributed by atoms with van der Waals surface area (Å²) in [5.74, 6) is -0.326. The van der Waals surface area contributed by atoms with E-state index in [4.69, 9.17) is 4.74 Å². The Kier molecular flexibility index (Phi) is 4.32. The zero-order valence-electron chi connectivity index (χ0n) is 12.4. The number of pyridine rings is 1. The van der Waals surface area contributed by atoms with E-state index in [1.807, 2.05) is 14.0 Å². The van der Waals surface area contributed by atoms with Crippen LogP contribution in [-0.2, 0) is 11.8 Å². The van der Waals surface area contributed by atoms with Gasteiger partial charge in [0.05, 0.1) is 23.3 Å². The summed E-state index contributed by atoms with van der Waals surface area (Å²) in [6.07, 6.45) is 1.59. The number of carbonyl (C=O) groups is 1. The summed E-state index contributed by atoms with van der Waals surface area (Å²) in [5.41, 5.74) is 2.19. The van der Waals surface area contributed by atoms with Crippen molar-refractivity contribution in [2.24, 2.45) is 7.05 Å². The first-order valence-electron chi connectivity index (χ1n) is 6.61. The Morgan fingerprint density at radius 2 is 2.20 bits per heavy atom. The van der Waals surface area contributed by atoms with Gasteiger partial charge in [0, 0.05) is 23.4 Å². The van der Waals surface area contributed by atoms with Gasteiger partial charge in [0.15, 0.2) is 5.65 Å². The molecule has 6 heteroatoms. The van der Waals surface area contributed by atoms with Crippen LogP contribution in [0.5, 0.6) is 0 Å². The van der Waals surface area contributed by atoms with Crippen molar-refractivity contribution in [3.8, 4) is 0 Å². The number of carbonyl (C=O) groups excluding carboxylic acids is 1. The molecule has 2 heterocycles. The average Bonchev–Trinajstić information content (AvgIpc) is 2.65. The predicted octanol–water partition coefficient (Wildman–Crippen LogP) is 2.95. The number of ether oxygens (including phenoxy) is 1. The molecule has 0 saturated heterocycles. The van der Waals surface area contributed by atoms with E-state index in [9.17, 15) is 4.79 Å². The van der Waals surface area contributed by atoms with E-state index in [0.717, 1.165) is 21.6 Å². The van der Waals surface area contributed by atoms with E-state index < -0.39 is 0 Å². The number of fused-ring (bicyclic) bond motifs is 1. The Labute approximate surface area is 122 Å². The van der Waals surface area contributed by atoms with Crippen LogP contribution in [0, 0.1) is 6.92 Å². The average molecular weight is 293 g/mol. The Hall–Kier alpha value is -1.56. The van der Waals surface area contributed by atoms with Gasteiger partial charge in [-0.05, 0) is 13.8 Å². The molecule has 0 spiro atoms. The van der Waals surface area contributed by atoms with Crippen molar-refractivity contribution in [3.63, 3.8) is 0 Å². The van der Waals surface area contributed by atoms with E-state index in [0.29, 0.717) is 17.4 Å². The van der Waals surface area contributed by atoms with Crippen LogP contribution in [0.1, 0.15) is 36.8 Å². The van der Waals surface area contributed by atoms with Crippen LogP contribution in [0.4, 0.5) is 0 Å². The van der Waals surface area contributed by atoms with Crippen LogP contribution in [0.15, 0.2) is 11.1 Å². The maximum Gasteiger partial charge on any atom is 0.340 e. The highest BCUT2D eigenvalue weighted by Gasteiger charge is 2.21. The smallest absolute Gasteiger partial charge is 0.340 e. The molecule has 2 aromatic heterocycles. The van der Waals surface area contributed by atoms with E-state index in [1.54, 1.807) is 29.6 Å². The quantitative estimate of drug-likeness (QED) is 0.641. The molecule has 0 saturated carbocycles. The first-order valence-corrected chi connectivity index (χ1v) is 7.49. The fourth-order valence-electron chi connectivity index (χ4n) is 2.09. The molecule has 0 aliphatic carbocycles. The number of esters is 1. The van der Waals surface area contributed by atoms with E-state index in [-0.39, 0.29) is 5.97 Å². The summed E-state index contributed by atoms with van der Waals surface area (Å²) >= 11 is 1.64. The first kappa shape index (κ1) is 14.8. The highest BCUT2D eigenvalue weighted by atomic mass is 32.2. The summed E-state index contributed by atoms with van der Waals surface area (Å²) in [4.78, 5) is 17.4. The maximum absolute atomic E-state index is 12.1. The van der Waals surface area contributed by atoms with Crippen LogP contribution in [0.2, 0.25) is 0 Å². The van der Waals surface area contributed by atoms with Gasteiger partial charge in [-0.1, -0.05) is 13.8 Å². The van der Waals surface area contributed by atoms with Gasteiger partial charge in [-0.3, -0.25) is 4.68 Å². The normalized spacial score (nSPS) is 11.3. The molecule has 108 valence electrons. The van der Waals surface area contributed by atoms with Gasteiger partial charge >= 0.3 is 5.97 Å². The van der Waals surface area contributed by atoms with Gasteiger partial charge in [0.1, 0.15) is 0 Å². The first-order chi connectivity index (χ1) is 9.45. The molecule has 0 fully saturated rings. The van der Waals surface area contributed by atoms with Crippen LogP contribution in [0.3, 0.4) is 0 Å². The number of thioether (sulfide) groups is 1. The molecular weight excluding hydrogens is 274 g/mol. The number of aromatic nitrogens is 3. The summed E-state index contributed by atoms with van der Waals surface area (Å²) in [6.45, 7) is 8.28. The maximum atomic E-state index is 12.1. The van der Waals surface area contributed by atoms with E-state index in [2.05, 4.69) is 23.9 Å². The third-order valence-corrected chi connectivity index (χ3v) is 3.96. The molecule has 0 atom stereocenters. The molecule has 0 bridgehead atoms. The van der Waals surface area contributed by atoms with Crippen molar-refractivity contribution in [2.45, 2.75) is 37.8 Å². The number of rotatable bonds is 4. The minimum Gasteiger partial charge on any atom is -0.462 e. The predicted molar refractivity (Wildman–Crippen MR) is 80.2 cm³/mol. The van der Waals surface area contributed by atoms with Crippen molar-refractivity contribution < 1.29 is 9.53 Å². The zero-order valence-corrected chi connectivity index (χ0v) is 13.2. The van der Waals surface area contributed by atoms with Gasteiger partial charge in [-0.2, -0.15) is 5.10 Å². The monoisotopic (exact) mass is 293 g/mol. The lowest BCUT2D eigenvalue weighted by Crippen LogP contribution is -2.08. The zero-order chi connectivity index (χ0) is 14.9. The van der Waals surface area contributed by atoms with Crippen molar-refractivity contribution in [3.05, 3.63) is 17.5 Å². The molecule has 2 rings (SSSR count). The number of hydrogen-bond acceptors (Lipinski definition) is 5. The Morgan fingerprint density at radius 3 is 2.80 bits per heavy atom. The summed E-state index contributed by atoms with van der Waals surface area (Å²) in [5, 5.41) is 5.69. The molecule has 0 N–H and O–H groups in total. The number of nitrogens with zero attached hydrogens (tertiary/aromatic N) is 3. The standard InChI is InChI=1S/C14H19N3O2S/c1-6-19-14(18)10-7-15-13-11(9(4)16-17(13)5)12(10)20-8(2)3/h7-8H,6H2,1-5H3. The van der Waals surface area contributed by atoms with Gasteiger partial charge in [-0.25, -0.2) is 9.78 Å². The van der Waals surface area contributed by atoms with E-state index in [1.165, 1.54) is 0 Å². The minimum atomic E-state index is -0.326. The minimum absolute atomic E-state index is 0.326. The second-order valence-electron chi connectivity index (χ2n) is 4.80. The van der Waals surface area contributed by atoms with Crippen LogP contribution in [0.25, 0.3) is 11.0 Å². The molecule has 0 unspecified atom stereocenters. The third-order valence-electron chi connectivity index (χ3n) is 2.83. The van der Waals surface area contributed by atoms with Crippen molar-refractivity contribution in [1.29, 1.82) is 0 Å². The molecule has 0 amide bonds. The highest BCUT2D eigenvalue weighted by molar-refractivity contribution is 8.00. The molecule has 20 heavy (non-hydrogen) atoms. The second kappa shape index (κ2) is 5.83. The van der Waals surface area contributed by atoms with Gasteiger partial charge in [0.25, 0.3) is 0 Å². The summed E-state index contributed by atoms with van der Waals surface area (Å²) < 4.78 is 6.87. The fraction of sp³-hybridized carbons (Fsp3) is 0.500. The van der Waals surface area contributed by atoms with Crippen molar-refractivity contribution >= 4 is 28.8 Å². The Bertz CT molecular complexity index is 649. The molecule has 2 aromatic rings. The van der Waals surface area contributed by atoms with Gasteiger partial charge in [-0.15, -0.1) is 11.8 Å². The SMILES string of the molecule is CCOC(=O)c1cnc2c(c(C)nn2C)c1SC(C)C. The number of aryl methyl sites for hydroxylation is 2. The largest absolute Gasteiger partial charge is 0.462 e. The second-order valence-corrected chi connectivity index (χ2v) is 6.38. The molecule has 0 aromatic carbocycles. The molecular formula is C14H19N3O2S. The topological polar surface area (TPSA) is 57.0 Å².